The summed E-state index contributed by atoms with van der Waals surface area (Å²) in [6.07, 6.45) is 1.52. The molecule has 0 aromatic heterocycles. The topological polar surface area (TPSA) is 80.2 Å². The first kappa shape index (κ1) is 21.1. The van der Waals surface area contributed by atoms with Crippen molar-refractivity contribution >= 4 is 29.5 Å². The maximum Gasteiger partial charge on any atom is 0.335 e. The van der Waals surface area contributed by atoms with E-state index < -0.39 is 11.8 Å². The molecule has 8 heteroatoms. The highest BCUT2D eigenvalue weighted by molar-refractivity contribution is 6.31. The fourth-order valence-electron chi connectivity index (χ4n) is 2.63. The number of benzene rings is 3. The van der Waals surface area contributed by atoms with E-state index in [2.05, 4.69) is 10.5 Å². The average Bonchev–Trinajstić information content (AvgIpc) is 2.74. The Balaban J connectivity index is 1.78. The van der Waals surface area contributed by atoms with Crippen molar-refractivity contribution < 1.29 is 23.8 Å². The Morgan fingerprint density at radius 3 is 2.57 bits per heavy atom. The lowest BCUT2D eigenvalue weighted by Crippen LogP contribution is -2.03. The SMILES string of the molecule is COc1cccc(C=NNc2ccc(C(=O)O)cc2)c1OCc1c(F)cccc1Cl. The van der Waals surface area contributed by atoms with Gasteiger partial charge >= 0.3 is 5.97 Å². The molecule has 6 nitrogen and oxygen atoms in total. The zero-order valence-electron chi connectivity index (χ0n) is 15.9. The first-order valence-corrected chi connectivity index (χ1v) is 9.22. The van der Waals surface area contributed by atoms with Gasteiger partial charge in [-0.2, -0.15) is 5.10 Å². The molecule has 0 radical (unpaired) electrons. The average molecular weight is 429 g/mol. The van der Waals surface area contributed by atoms with Gasteiger partial charge in [-0.25, -0.2) is 9.18 Å². The molecule has 3 rings (SSSR count). The number of ether oxygens (including phenoxy) is 2. The van der Waals surface area contributed by atoms with Crippen molar-refractivity contribution in [1.29, 1.82) is 0 Å². The molecule has 3 aromatic carbocycles. The van der Waals surface area contributed by atoms with Gasteiger partial charge in [-0.3, -0.25) is 5.43 Å². The second-order valence-corrected chi connectivity index (χ2v) is 6.53. The van der Waals surface area contributed by atoms with Crippen LogP contribution in [-0.2, 0) is 6.61 Å². The molecule has 0 unspecified atom stereocenters. The summed E-state index contributed by atoms with van der Waals surface area (Å²) in [5.41, 5.74) is 4.44. The number of methoxy groups -OCH3 is 1. The smallest absolute Gasteiger partial charge is 0.335 e. The number of carboxylic acid groups (broad SMARTS) is 1. The number of rotatable bonds is 8. The van der Waals surface area contributed by atoms with E-state index in [1.54, 1.807) is 36.4 Å². The molecule has 3 aromatic rings. The predicted octanol–water partition coefficient (Wildman–Crippen LogP) is 5.21. The lowest BCUT2D eigenvalue weighted by atomic mass is 10.2. The molecule has 0 aliphatic carbocycles. The maximum atomic E-state index is 14.0. The Kier molecular flexibility index (Phi) is 6.87. The van der Waals surface area contributed by atoms with Crippen molar-refractivity contribution in [2.45, 2.75) is 6.61 Å². The summed E-state index contributed by atoms with van der Waals surface area (Å²) in [6, 6.07) is 15.8. The summed E-state index contributed by atoms with van der Waals surface area (Å²) >= 11 is 6.07. The van der Waals surface area contributed by atoms with Crippen molar-refractivity contribution in [2.75, 3.05) is 12.5 Å². The summed E-state index contributed by atoms with van der Waals surface area (Å²) in [7, 11) is 1.50. The molecule has 0 saturated heterocycles. The minimum Gasteiger partial charge on any atom is -0.493 e. The van der Waals surface area contributed by atoms with E-state index in [9.17, 15) is 9.18 Å². The Morgan fingerprint density at radius 2 is 1.90 bits per heavy atom. The molecular formula is C22H18ClFN2O4. The lowest BCUT2D eigenvalue weighted by molar-refractivity contribution is 0.0697. The normalized spacial score (nSPS) is 10.8. The van der Waals surface area contributed by atoms with Crippen molar-refractivity contribution in [2.24, 2.45) is 5.10 Å². The number of nitrogens with zero attached hydrogens (tertiary/aromatic N) is 1. The minimum atomic E-state index is -1.00. The molecule has 0 atom stereocenters. The number of hydrogen-bond donors (Lipinski definition) is 2. The van der Waals surface area contributed by atoms with Gasteiger partial charge in [-0.05, 0) is 48.5 Å². The third kappa shape index (κ3) is 5.07. The molecule has 154 valence electrons. The molecule has 0 spiro atoms. The number of para-hydroxylation sites is 1. The number of hydrogen-bond acceptors (Lipinski definition) is 5. The fourth-order valence-corrected chi connectivity index (χ4v) is 2.85. The van der Waals surface area contributed by atoms with Crippen LogP contribution in [0.3, 0.4) is 0 Å². The van der Waals surface area contributed by atoms with Crippen LogP contribution in [0, 0.1) is 5.82 Å². The van der Waals surface area contributed by atoms with Crippen molar-refractivity contribution in [3.8, 4) is 11.5 Å². The third-order valence-corrected chi connectivity index (χ3v) is 4.54. The quantitative estimate of drug-likeness (QED) is 0.380. The summed E-state index contributed by atoms with van der Waals surface area (Å²) in [6.45, 7) is -0.0865. The van der Waals surface area contributed by atoms with Crippen LogP contribution in [0.1, 0.15) is 21.5 Å². The summed E-state index contributed by atoms with van der Waals surface area (Å²) in [5, 5.41) is 13.4. The van der Waals surface area contributed by atoms with Crippen molar-refractivity contribution in [1.82, 2.24) is 0 Å². The van der Waals surface area contributed by atoms with Crippen LogP contribution in [0.5, 0.6) is 11.5 Å². The van der Waals surface area contributed by atoms with Crippen LogP contribution in [0.25, 0.3) is 0 Å². The van der Waals surface area contributed by atoms with Crippen LogP contribution in [0.4, 0.5) is 10.1 Å². The van der Waals surface area contributed by atoms with Crippen molar-refractivity contribution in [3.63, 3.8) is 0 Å². The van der Waals surface area contributed by atoms with Gasteiger partial charge in [0.1, 0.15) is 12.4 Å². The van der Waals surface area contributed by atoms with Gasteiger partial charge in [0.2, 0.25) is 0 Å². The fraction of sp³-hybridized carbons (Fsp3) is 0.0909. The second kappa shape index (κ2) is 9.76. The Bertz CT molecular complexity index is 1050. The summed E-state index contributed by atoms with van der Waals surface area (Å²) < 4.78 is 25.2. The zero-order valence-corrected chi connectivity index (χ0v) is 16.7. The molecule has 0 heterocycles. The van der Waals surface area contributed by atoms with Crippen molar-refractivity contribution in [3.05, 3.63) is 88.2 Å². The van der Waals surface area contributed by atoms with E-state index in [1.807, 2.05) is 0 Å². The summed E-state index contributed by atoms with van der Waals surface area (Å²) in [4.78, 5) is 10.9. The second-order valence-electron chi connectivity index (χ2n) is 6.12. The largest absolute Gasteiger partial charge is 0.493 e. The zero-order chi connectivity index (χ0) is 21.5. The van der Waals surface area contributed by atoms with E-state index in [4.69, 9.17) is 26.2 Å². The highest BCUT2D eigenvalue weighted by Gasteiger charge is 2.13. The van der Waals surface area contributed by atoms with Crippen LogP contribution in [-0.4, -0.2) is 24.4 Å². The molecule has 0 bridgehead atoms. The summed E-state index contributed by atoms with van der Waals surface area (Å²) in [5.74, 6) is -0.624. The minimum absolute atomic E-state index is 0.0865. The highest BCUT2D eigenvalue weighted by atomic mass is 35.5. The molecule has 30 heavy (non-hydrogen) atoms. The molecule has 0 amide bonds. The third-order valence-electron chi connectivity index (χ3n) is 4.18. The van der Waals surface area contributed by atoms with E-state index in [1.165, 1.54) is 37.6 Å². The van der Waals surface area contributed by atoms with Crippen LogP contribution in [0.15, 0.2) is 65.8 Å². The van der Waals surface area contributed by atoms with Gasteiger partial charge in [0.15, 0.2) is 11.5 Å². The molecule has 0 saturated carbocycles. The number of carbonyl (C=O) groups is 1. The maximum absolute atomic E-state index is 14.0. The number of carboxylic acids is 1. The monoisotopic (exact) mass is 428 g/mol. The molecule has 2 N–H and O–H groups in total. The van der Waals surface area contributed by atoms with Crippen LogP contribution >= 0.6 is 11.6 Å². The Hall–Kier alpha value is -3.58. The molecule has 0 aliphatic rings. The van der Waals surface area contributed by atoms with Gasteiger partial charge < -0.3 is 14.6 Å². The van der Waals surface area contributed by atoms with E-state index in [-0.39, 0.29) is 22.8 Å². The first-order valence-electron chi connectivity index (χ1n) is 8.84. The lowest BCUT2D eigenvalue weighted by Gasteiger charge is -2.14. The van der Waals surface area contributed by atoms with Gasteiger partial charge in [0, 0.05) is 11.1 Å². The molecule has 0 aliphatic heterocycles. The van der Waals surface area contributed by atoms with Gasteiger partial charge in [0.05, 0.1) is 29.6 Å². The molecular weight excluding hydrogens is 411 g/mol. The standard InChI is InChI=1S/C22H18ClFN2O4/c1-29-20-7-2-4-15(12-25-26-16-10-8-14(9-11-16)22(27)28)21(20)30-13-17-18(23)5-3-6-19(17)24/h2-12,26H,13H2,1H3,(H,27,28). The number of hydrazone groups is 1. The molecule has 0 fully saturated rings. The van der Waals surface area contributed by atoms with Gasteiger partial charge in [0.25, 0.3) is 0 Å². The first-order chi connectivity index (χ1) is 14.5. The Labute approximate surface area is 177 Å². The van der Waals surface area contributed by atoms with E-state index in [0.29, 0.717) is 22.7 Å². The van der Waals surface area contributed by atoms with E-state index in [0.717, 1.165) is 0 Å². The predicted molar refractivity (Wildman–Crippen MR) is 113 cm³/mol. The number of anilines is 1. The van der Waals surface area contributed by atoms with Gasteiger partial charge in [-0.1, -0.05) is 23.7 Å². The van der Waals surface area contributed by atoms with Gasteiger partial charge in [-0.15, -0.1) is 0 Å². The number of nitrogens with one attached hydrogen (secondary N) is 1. The van der Waals surface area contributed by atoms with Crippen LogP contribution < -0.4 is 14.9 Å². The Morgan fingerprint density at radius 1 is 1.17 bits per heavy atom. The van der Waals surface area contributed by atoms with Crippen LogP contribution in [0.2, 0.25) is 5.02 Å². The van der Waals surface area contributed by atoms with E-state index >= 15 is 0 Å². The number of halogens is 2. The number of aromatic carboxylic acids is 1. The highest BCUT2D eigenvalue weighted by Crippen LogP contribution is 2.32.